The van der Waals surface area contributed by atoms with Crippen LogP contribution in [0.5, 0.6) is 0 Å². The molecule has 0 radical (unpaired) electrons. The second kappa shape index (κ2) is 6.46. The van der Waals surface area contributed by atoms with E-state index in [9.17, 15) is 5.11 Å². The summed E-state index contributed by atoms with van der Waals surface area (Å²) in [7, 11) is 0. The predicted molar refractivity (Wildman–Crippen MR) is 104 cm³/mol. The highest BCUT2D eigenvalue weighted by Crippen LogP contribution is 2.37. The second-order valence-corrected chi connectivity index (χ2v) is 7.42. The van der Waals surface area contributed by atoms with E-state index in [0.29, 0.717) is 12.4 Å². The summed E-state index contributed by atoms with van der Waals surface area (Å²) >= 11 is 0. The SMILES string of the molecule is CCC1=C[C@@H](c2cnn3c(N[C@H]4CCc5ccccc54)ncnc23)C[C@@H]1O. The van der Waals surface area contributed by atoms with Gasteiger partial charge in [-0.15, -0.1) is 0 Å². The number of hydrogen-bond acceptors (Lipinski definition) is 5. The number of allylic oxidation sites excluding steroid dienone is 1. The predicted octanol–water partition coefficient (Wildman–Crippen LogP) is 3.41. The van der Waals surface area contributed by atoms with Gasteiger partial charge in [0.25, 0.3) is 0 Å². The van der Waals surface area contributed by atoms with Crippen molar-refractivity contribution < 1.29 is 5.11 Å². The van der Waals surface area contributed by atoms with Gasteiger partial charge < -0.3 is 10.4 Å². The molecule has 0 bridgehead atoms. The number of aromatic nitrogens is 4. The fraction of sp³-hybridized carbons (Fsp3) is 0.381. The summed E-state index contributed by atoms with van der Waals surface area (Å²) in [5.74, 6) is 0.869. The summed E-state index contributed by atoms with van der Waals surface area (Å²) in [6.07, 6.45) is 8.98. The third-order valence-corrected chi connectivity index (χ3v) is 5.90. The van der Waals surface area contributed by atoms with Crippen molar-refractivity contribution in [3.63, 3.8) is 0 Å². The Kier molecular flexibility index (Phi) is 3.93. The molecular formula is C21H23N5O. The molecule has 2 aliphatic carbocycles. The zero-order chi connectivity index (χ0) is 18.4. The lowest BCUT2D eigenvalue weighted by atomic mass is 10.0. The Bertz CT molecular complexity index is 1020. The highest BCUT2D eigenvalue weighted by atomic mass is 16.3. The van der Waals surface area contributed by atoms with Gasteiger partial charge in [0.1, 0.15) is 6.33 Å². The molecule has 2 aromatic heterocycles. The van der Waals surface area contributed by atoms with E-state index in [4.69, 9.17) is 0 Å². The van der Waals surface area contributed by atoms with E-state index >= 15 is 0 Å². The summed E-state index contributed by atoms with van der Waals surface area (Å²) in [6, 6.07) is 8.80. The lowest BCUT2D eigenvalue weighted by Crippen LogP contribution is -2.13. The van der Waals surface area contributed by atoms with Gasteiger partial charge in [-0.2, -0.15) is 9.61 Å². The molecule has 0 saturated carbocycles. The number of aryl methyl sites for hydroxylation is 1. The Balaban J connectivity index is 1.48. The molecule has 2 aliphatic rings. The average molecular weight is 361 g/mol. The van der Waals surface area contributed by atoms with Gasteiger partial charge >= 0.3 is 0 Å². The molecular weight excluding hydrogens is 338 g/mol. The highest BCUT2D eigenvalue weighted by Gasteiger charge is 2.28. The maximum atomic E-state index is 10.2. The molecule has 27 heavy (non-hydrogen) atoms. The molecule has 2 N–H and O–H groups in total. The Morgan fingerprint density at radius 3 is 2.96 bits per heavy atom. The Morgan fingerprint density at radius 2 is 2.11 bits per heavy atom. The maximum Gasteiger partial charge on any atom is 0.227 e. The Labute approximate surface area is 158 Å². The minimum Gasteiger partial charge on any atom is -0.389 e. The Hall–Kier alpha value is -2.73. The van der Waals surface area contributed by atoms with Gasteiger partial charge in [0.15, 0.2) is 5.65 Å². The van der Waals surface area contributed by atoms with E-state index in [0.717, 1.165) is 36.0 Å². The summed E-state index contributed by atoms with van der Waals surface area (Å²) in [4.78, 5) is 8.92. The number of rotatable bonds is 4. The lowest BCUT2D eigenvalue weighted by Gasteiger charge is -2.15. The number of nitrogens with one attached hydrogen (secondary N) is 1. The maximum absolute atomic E-state index is 10.2. The quantitative estimate of drug-likeness (QED) is 0.697. The zero-order valence-corrected chi connectivity index (χ0v) is 15.3. The van der Waals surface area contributed by atoms with Crippen molar-refractivity contribution >= 4 is 11.6 Å². The third kappa shape index (κ3) is 2.72. The van der Waals surface area contributed by atoms with Crippen molar-refractivity contribution in [1.29, 1.82) is 0 Å². The van der Waals surface area contributed by atoms with Gasteiger partial charge in [-0.3, -0.25) is 0 Å². The lowest BCUT2D eigenvalue weighted by molar-refractivity contribution is 0.205. The van der Waals surface area contributed by atoms with Crippen LogP contribution in [0.1, 0.15) is 54.8 Å². The molecule has 6 nitrogen and oxygen atoms in total. The molecule has 0 fully saturated rings. The second-order valence-electron chi connectivity index (χ2n) is 7.42. The van der Waals surface area contributed by atoms with Crippen molar-refractivity contribution in [3.8, 4) is 0 Å². The zero-order valence-electron chi connectivity index (χ0n) is 15.3. The molecule has 6 heteroatoms. The number of benzene rings is 1. The third-order valence-electron chi connectivity index (χ3n) is 5.90. The van der Waals surface area contributed by atoms with Crippen molar-refractivity contribution in [3.05, 3.63) is 65.1 Å². The fourth-order valence-corrected chi connectivity index (χ4v) is 4.45. The first-order chi connectivity index (χ1) is 13.2. The first-order valence-corrected chi connectivity index (χ1v) is 9.66. The van der Waals surface area contributed by atoms with Crippen LogP contribution < -0.4 is 5.32 Å². The van der Waals surface area contributed by atoms with Crippen molar-refractivity contribution in [2.75, 3.05) is 5.32 Å². The largest absolute Gasteiger partial charge is 0.389 e. The topological polar surface area (TPSA) is 75.3 Å². The van der Waals surface area contributed by atoms with E-state index < -0.39 is 0 Å². The first-order valence-electron chi connectivity index (χ1n) is 9.66. The molecule has 5 rings (SSSR count). The molecule has 3 aromatic rings. The molecule has 0 aliphatic heterocycles. The number of aliphatic hydroxyl groups is 1. The number of nitrogens with zero attached hydrogens (tertiary/aromatic N) is 4. The van der Waals surface area contributed by atoms with Crippen molar-refractivity contribution in [1.82, 2.24) is 19.6 Å². The van der Waals surface area contributed by atoms with Crippen LogP contribution in [-0.4, -0.2) is 30.8 Å². The molecule has 2 heterocycles. The van der Waals surface area contributed by atoms with Crippen molar-refractivity contribution in [2.45, 2.75) is 50.7 Å². The standard InChI is InChI=1S/C21H23N5O/c1-2-13-9-15(10-19(13)27)17-11-24-26-20(17)22-12-23-21(26)25-18-8-7-14-5-3-4-6-16(14)18/h3-6,9,11-12,15,18-19,27H,2,7-8,10H2,1H3,(H,22,23,25)/t15-,18+,19+/m1/s1. The molecule has 0 spiro atoms. The van der Waals surface area contributed by atoms with Crippen LogP contribution in [0.3, 0.4) is 0 Å². The minimum absolute atomic E-state index is 0.155. The van der Waals surface area contributed by atoms with Gasteiger partial charge in [-0.05, 0) is 42.4 Å². The van der Waals surface area contributed by atoms with Crippen LogP contribution in [0.25, 0.3) is 5.65 Å². The summed E-state index contributed by atoms with van der Waals surface area (Å²) in [6.45, 7) is 2.08. The van der Waals surface area contributed by atoms with Crippen LogP contribution in [-0.2, 0) is 6.42 Å². The van der Waals surface area contributed by atoms with Gasteiger partial charge in [0.2, 0.25) is 5.95 Å². The van der Waals surface area contributed by atoms with E-state index in [-0.39, 0.29) is 18.1 Å². The number of anilines is 1. The molecule has 138 valence electrons. The Morgan fingerprint density at radius 1 is 1.22 bits per heavy atom. The molecule has 0 unspecified atom stereocenters. The number of fused-ring (bicyclic) bond motifs is 2. The van der Waals surface area contributed by atoms with E-state index in [2.05, 4.69) is 57.6 Å². The van der Waals surface area contributed by atoms with Crippen LogP contribution >= 0.6 is 0 Å². The van der Waals surface area contributed by atoms with E-state index in [1.165, 1.54) is 11.1 Å². The van der Waals surface area contributed by atoms with Gasteiger partial charge in [0.05, 0.1) is 18.3 Å². The van der Waals surface area contributed by atoms with Crippen LogP contribution in [0, 0.1) is 0 Å². The fourth-order valence-electron chi connectivity index (χ4n) is 4.45. The molecule has 3 atom stereocenters. The normalized spacial score (nSPS) is 24.2. The van der Waals surface area contributed by atoms with Crippen LogP contribution in [0.15, 0.2) is 48.4 Å². The summed E-state index contributed by atoms with van der Waals surface area (Å²) in [5.41, 5.74) is 5.71. The van der Waals surface area contributed by atoms with Gasteiger partial charge in [-0.25, -0.2) is 9.97 Å². The minimum atomic E-state index is -0.357. The number of hydrogen-bond donors (Lipinski definition) is 2. The monoisotopic (exact) mass is 361 g/mol. The van der Waals surface area contributed by atoms with E-state index in [1.807, 2.05) is 6.20 Å². The van der Waals surface area contributed by atoms with Gasteiger partial charge in [0, 0.05) is 11.5 Å². The van der Waals surface area contributed by atoms with Crippen molar-refractivity contribution in [2.24, 2.45) is 0 Å². The molecule has 1 aromatic carbocycles. The molecule has 0 saturated heterocycles. The first kappa shape index (κ1) is 16.4. The molecule has 0 amide bonds. The average Bonchev–Trinajstić information content (AvgIpc) is 3.39. The summed E-state index contributed by atoms with van der Waals surface area (Å²) in [5, 5.41) is 18.3. The van der Waals surface area contributed by atoms with Crippen LogP contribution in [0.2, 0.25) is 0 Å². The highest BCUT2D eigenvalue weighted by molar-refractivity contribution is 5.54. The van der Waals surface area contributed by atoms with Crippen LogP contribution in [0.4, 0.5) is 5.95 Å². The van der Waals surface area contributed by atoms with E-state index in [1.54, 1.807) is 10.8 Å². The number of aliphatic hydroxyl groups excluding tert-OH is 1. The summed E-state index contributed by atoms with van der Waals surface area (Å²) < 4.78 is 1.79. The smallest absolute Gasteiger partial charge is 0.227 e. The van der Waals surface area contributed by atoms with Gasteiger partial charge in [-0.1, -0.05) is 37.3 Å².